The van der Waals surface area contributed by atoms with Crippen LogP contribution in [0.4, 0.5) is 0 Å². The fourth-order valence-corrected chi connectivity index (χ4v) is 1.94. The molecule has 0 N–H and O–H groups in total. The van der Waals surface area contributed by atoms with Crippen LogP contribution in [0, 0.1) is 0 Å². The second-order valence-corrected chi connectivity index (χ2v) is 4.77. The highest BCUT2D eigenvalue weighted by Crippen LogP contribution is 2.31. The van der Waals surface area contributed by atoms with Crippen LogP contribution in [0.3, 0.4) is 0 Å². The van der Waals surface area contributed by atoms with E-state index in [2.05, 4.69) is 9.97 Å². The molecule has 6 heteroatoms. The van der Waals surface area contributed by atoms with E-state index in [9.17, 15) is 4.79 Å². The molecule has 1 heterocycles. The largest absolute Gasteiger partial charge is 0.496 e. The van der Waals surface area contributed by atoms with Gasteiger partial charge in [0, 0.05) is 11.8 Å². The van der Waals surface area contributed by atoms with Gasteiger partial charge in [-0.05, 0) is 26.0 Å². The molecule has 0 fully saturated rings. The summed E-state index contributed by atoms with van der Waals surface area (Å²) in [4.78, 5) is 20.4. The number of rotatable bonds is 5. The van der Waals surface area contributed by atoms with E-state index in [1.54, 1.807) is 13.2 Å². The molecule has 0 amide bonds. The van der Waals surface area contributed by atoms with Gasteiger partial charge in [0.1, 0.15) is 11.3 Å². The van der Waals surface area contributed by atoms with Gasteiger partial charge in [-0.2, -0.15) is 4.98 Å². The summed E-state index contributed by atoms with van der Waals surface area (Å²) in [7, 11) is 2.87. The van der Waals surface area contributed by atoms with E-state index in [-0.39, 0.29) is 17.7 Å². The van der Waals surface area contributed by atoms with Crippen molar-refractivity contribution in [3.05, 3.63) is 36.0 Å². The number of carbonyl (C=O) groups excluding carboxylic acids is 1. The van der Waals surface area contributed by atoms with E-state index in [0.29, 0.717) is 17.0 Å². The number of methoxy groups -OCH3 is 2. The molecule has 0 aliphatic heterocycles. The van der Waals surface area contributed by atoms with Crippen LogP contribution in [0.15, 0.2) is 30.5 Å². The molecule has 2 aromatic rings. The predicted octanol–water partition coefficient (Wildman–Crippen LogP) is 2.73. The van der Waals surface area contributed by atoms with Crippen LogP contribution in [0.2, 0.25) is 0 Å². The minimum atomic E-state index is -0.517. The molecule has 0 spiro atoms. The van der Waals surface area contributed by atoms with E-state index in [1.807, 2.05) is 32.0 Å². The Kier molecular flexibility index (Phi) is 4.93. The highest BCUT2D eigenvalue weighted by molar-refractivity contribution is 5.96. The van der Waals surface area contributed by atoms with Crippen molar-refractivity contribution in [1.29, 1.82) is 0 Å². The van der Waals surface area contributed by atoms with Gasteiger partial charge in [-0.25, -0.2) is 9.78 Å². The monoisotopic (exact) mass is 302 g/mol. The van der Waals surface area contributed by atoms with Crippen molar-refractivity contribution in [2.24, 2.45) is 0 Å². The molecule has 0 aliphatic rings. The van der Waals surface area contributed by atoms with Crippen LogP contribution in [-0.4, -0.2) is 36.3 Å². The zero-order valence-electron chi connectivity index (χ0n) is 13.0. The zero-order chi connectivity index (χ0) is 16.1. The van der Waals surface area contributed by atoms with Crippen LogP contribution in [0.5, 0.6) is 11.8 Å². The number of hydrogen-bond donors (Lipinski definition) is 0. The molecule has 0 atom stereocenters. The Morgan fingerprint density at radius 2 is 1.91 bits per heavy atom. The number of nitrogens with zero attached hydrogens (tertiary/aromatic N) is 2. The number of benzene rings is 1. The minimum absolute atomic E-state index is 0.0745. The van der Waals surface area contributed by atoms with E-state index >= 15 is 0 Å². The molecule has 0 aliphatic carbocycles. The standard InChI is InChI=1S/C16H18N2O4/c1-10(2)22-16-17-9-12(15(19)21-4)14(18-16)11-7-5-6-8-13(11)20-3/h5-10H,1-4H3. The summed E-state index contributed by atoms with van der Waals surface area (Å²) in [5, 5.41) is 0. The van der Waals surface area contributed by atoms with Crippen molar-refractivity contribution in [3.63, 3.8) is 0 Å². The summed E-state index contributed by atoms with van der Waals surface area (Å²) in [6.45, 7) is 3.75. The third kappa shape index (κ3) is 3.33. The fourth-order valence-electron chi connectivity index (χ4n) is 1.94. The molecule has 6 nitrogen and oxygen atoms in total. The topological polar surface area (TPSA) is 70.5 Å². The summed E-state index contributed by atoms with van der Waals surface area (Å²) in [6.07, 6.45) is 1.33. The molecular weight excluding hydrogens is 284 g/mol. The van der Waals surface area contributed by atoms with Gasteiger partial charge in [0.05, 0.1) is 26.0 Å². The summed E-state index contributed by atoms with van der Waals surface area (Å²) in [5.41, 5.74) is 1.33. The number of hydrogen-bond acceptors (Lipinski definition) is 6. The van der Waals surface area contributed by atoms with Gasteiger partial charge < -0.3 is 14.2 Å². The molecule has 2 rings (SSSR count). The van der Waals surface area contributed by atoms with Gasteiger partial charge in [-0.1, -0.05) is 12.1 Å². The lowest BCUT2D eigenvalue weighted by atomic mass is 10.1. The highest BCUT2D eigenvalue weighted by Gasteiger charge is 2.20. The molecule has 1 aromatic heterocycles. The van der Waals surface area contributed by atoms with E-state index in [4.69, 9.17) is 14.2 Å². The first kappa shape index (κ1) is 15.8. The maximum Gasteiger partial charge on any atom is 0.341 e. The van der Waals surface area contributed by atoms with Crippen molar-refractivity contribution in [3.8, 4) is 23.0 Å². The summed E-state index contributed by atoms with van der Waals surface area (Å²) >= 11 is 0. The molecule has 0 saturated carbocycles. The molecule has 0 bridgehead atoms. The molecular formula is C16H18N2O4. The molecule has 0 radical (unpaired) electrons. The smallest absolute Gasteiger partial charge is 0.341 e. The van der Waals surface area contributed by atoms with Crippen molar-refractivity contribution < 1.29 is 19.0 Å². The molecule has 22 heavy (non-hydrogen) atoms. The molecule has 0 unspecified atom stereocenters. The average Bonchev–Trinajstić information content (AvgIpc) is 2.53. The van der Waals surface area contributed by atoms with Crippen LogP contribution in [0.25, 0.3) is 11.3 Å². The van der Waals surface area contributed by atoms with Crippen molar-refractivity contribution in [2.45, 2.75) is 20.0 Å². The van der Waals surface area contributed by atoms with Crippen LogP contribution in [0.1, 0.15) is 24.2 Å². The second-order valence-electron chi connectivity index (χ2n) is 4.77. The maximum atomic E-state index is 12.0. The SMILES string of the molecule is COC(=O)c1cnc(OC(C)C)nc1-c1ccccc1OC. The summed E-state index contributed by atoms with van der Waals surface area (Å²) in [6, 6.07) is 7.48. The fraction of sp³-hybridized carbons (Fsp3) is 0.312. The lowest BCUT2D eigenvalue weighted by Crippen LogP contribution is -2.12. The number of para-hydroxylation sites is 1. The first-order chi connectivity index (χ1) is 10.6. The second kappa shape index (κ2) is 6.89. The molecule has 1 aromatic carbocycles. The number of carbonyl (C=O) groups is 1. The van der Waals surface area contributed by atoms with Gasteiger partial charge >= 0.3 is 12.0 Å². The van der Waals surface area contributed by atoms with Crippen molar-refractivity contribution in [1.82, 2.24) is 9.97 Å². The Balaban J connectivity index is 2.61. The van der Waals surface area contributed by atoms with Gasteiger partial charge in [0.25, 0.3) is 0 Å². The maximum absolute atomic E-state index is 12.0. The van der Waals surface area contributed by atoms with Crippen molar-refractivity contribution in [2.75, 3.05) is 14.2 Å². The van der Waals surface area contributed by atoms with Crippen LogP contribution in [-0.2, 0) is 4.74 Å². The van der Waals surface area contributed by atoms with Gasteiger partial charge in [0.15, 0.2) is 0 Å². The van der Waals surface area contributed by atoms with E-state index in [0.717, 1.165) is 0 Å². The Bertz CT molecular complexity index is 671. The quantitative estimate of drug-likeness (QED) is 0.791. The third-order valence-electron chi connectivity index (χ3n) is 2.88. The van der Waals surface area contributed by atoms with E-state index in [1.165, 1.54) is 13.3 Å². The van der Waals surface area contributed by atoms with Gasteiger partial charge in [0.2, 0.25) is 0 Å². The summed E-state index contributed by atoms with van der Waals surface area (Å²) < 4.78 is 15.6. The third-order valence-corrected chi connectivity index (χ3v) is 2.88. The lowest BCUT2D eigenvalue weighted by Gasteiger charge is -2.13. The van der Waals surface area contributed by atoms with Crippen LogP contribution < -0.4 is 9.47 Å². The number of esters is 1. The van der Waals surface area contributed by atoms with Gasteiger partial charge in [-0.15, -0.1) is 0 Å². The Morgan fingerprint density at radius 1 is 1.18 bits per heavy atom. The highest BCUT2D eigenvalue weighted by atomic mass is 16.5. The van der Waals surface area contributed by atoms with E-state index < -0.39 is 5.97 Å². The minimum Gasteiger partial charge on any atom is -0.496 e. The number of aromatic nitrogens is 2. The first-order valence-electron chi connectivity index (χ1n) is 6.82. The number of ether oxygens (including phenoxy) is 3. The Hall–Kier alpha value is -2.63. The summed E-state index contributed by atoms with van der Waals surface area (Å²) in [5.74, 6) is 0.0823. The van der Waals surface area contributed by atoms with Crippen LogP contribution >= 0.6 is 0 Å². The average molecular weight is 302 g/mol. The normalized spacial score (nSPS) is 10.4. The van der Waals surface area contributed by atoms with Gasteiger partial charge in [-0.3, -0.25) is 0 Å². The Morgan fingerprint density at radius 3 is 2.55 bits per heavy atom. The Labute approximate surface area is 129 Å². The first-order valence-corrected chi connectivity index (χ1v) is 6.82. The molecule has 0 saturated heterocycles. The zero-order valence-corrected chi connectivity index (χ0v) is 13.0. The van der Waals surface area contributed by atoms with Crippen molar-refractivity contribution >= 4 is 5.97 Å². The molecule has 116 valence electrons. The predicted molar refractivity (Wildman–Crippen MR) is 81.1 cm³/mol. The lowest BCUT2D eigenvalue weighted by molar-refractivity contribution is 0.0600.